The maximum absolute atomic E-state index is 12.8. The van der Waals surface area contributed by atoms with Gasteiger partial charge in [0.25, 0.3) is 5.91 Å². The van der Waals surface area contributed by atoms with E-state index >= 15 is 0 Å². The van der Waals surface area contributed by atoms with Gasteiger partial charge >= 0.3 is 0 Å². The first-order valence-electron chi connectivity index (χ1n) is 10.6. The molecule has 1 heterocycles. The maximum Gasteiger partial charge on any atom is 0.266 e. The summed E-state index contributed by atoms with van der Waals surface area (Å²) in [6, 6.07) is 14.5. The highest BCUT2D eigenvalue weighted by Crippen LogP contribution is 2.32. The zero-order valence-electron chi connectivity index (χ0n) is 18.5. The van der Waals surface area contributed by atoms with Gasteiger partial charge in [0.2, 0.25) is 0 Å². The van der Waals surface area contributed by atoms with Crippen molar-refractivity contribution in [2.45, 2.75) is 33.1 Å². The van der Waals surface area contributed by atoms with E-state index in [-0.39, 0.29) is 41.6 Å². The molecule has 0 aliphatic carbocycles. The van der Waals surface area contributed by atoms with Gasteiger partial charge in [-0.15, -0.1) is 0 Å². The Bertz CT molecular complexity index is 1150. The summed E-state index contributed by atoms with van der Waals surface area (Å²) in [6.45, 7) is 3.70. The van der Waals surface area contributed by atoms with Crippen LogP contribution in [0.3, 0.4) is 0 Å². The van der Waals surface area contributed by atoms with Gasteiger partial charge in [-0.2, -0.15) is 0 Å². The normalized spacial score (nSPS) is 15.4. The molecule has 1 amide bonds. The number of hydrogen-bond acceptors (Lipinski definition) is 6. The molecule has 33 heavy (non-hydrogen) atoms. The third kappa shape index (κ3) is 6.73. The number of phenolic OH excluding ortho intramolecular Hbond substituents is 1. The molecule has 2 aromatic rings. The zero-order valence-corrected chi connectivity index (χ0v) is 20.2. The minimum absolute atomic E-state index is 0.00685. The van der Waals surface area contributed by atoms with Crippen molar-refractivity contribution >= 4 is 51.8 Å². The molecular formula is C26H25NO4S2. The van der Waals surface area contributed by atoms with Crippen LogP contribution in [0, 0.1) is 0 Å². The van der Waals surface area contributed by atoms with E-state index in [4.69, 9.17) is 12.2 Å². The number of rotatable bonds is 9. The highest BCUT2D eigenvalue weighted by Gasteiger charge is 2.31. The highest BCUT2D eigenvalue weighted by atomic mass is 32.2. The summed E-state index contributed by atoms with van der Waals surface area (Å²) in [5.74, 6) is -0.488. The van der Waals surface area contributed by atoms with Gasteiger partial charge in [-0.05, 0) is 55.2 Å². The molecule has 0 atom stereocenters. The number of Topliss-reactive ketones (excluding diaryl/α,β-unsaturated/α-hetero) is 2. The summed E-state index contributed by atoms with van der Waals surface area (Å²) in [5, 5.41) is 9.92. The fraction of sp³-hybridized carbons (Fsp3) is 0.231. The molecule has 5 nitrogen and oxygen atoms in total. The van der Waals surface area contributed by atoms with Crippen molar-refractivity contribution < 1.29 is 19.5 Å². The van der Waals surface area contributed by atoms with Crippen LogP contribution in [-0.2, 0) is 16.0 Å². The molecule has 1 aliphatic heterocycles. The number of phenols is 1. The van der Waals surface area contributed by atoms with Gasteiger partial charge in [-0.1, -0.05) is 66.5 Å². The summed E-state index contributed by atoms with van der Waals surface area (Å²) >= 11 is 6.65. The monoisotopic (exact) mass is 479 g/mol. The van der Waals surface area contributed by atoms with Crippen LogP contribution >= 0.6 is 24.0 Å². The van der Waals surface area contributed by atoms with Crippen molar-refractivity contribution in [3.05, 3.63) is 81.8 Å². The molecule has 1 fully saturated rings. The molecule has 3 rings (SSSR count). The van der Waals surface area contributed by atoms with Gasteiger partial charge in [0.1, 0.15) is 15.9 Å². The van der Waals surface area contributed by atoms with Crippen LogP contribution in [0.1, 0.15) is 48.2 Å². The molecule has 0 saturated carbocycles. The smallest absolute Gasteiger partial charge is 0.266 e. The Morgan fingerprint density at radius 2 is 1.85 bits per heavy atom. The van der Waals surface area contributed by atoms with Crippen LogP contribution in [-0.4, -0.2) is 38.3 Å². The number of benzene rings is 2. The number of aromatic hydroxyl groups is 1. The second kappa shape index (κ2) is 11.2. The van der Waals surface area contributed by atoms with Crippen LogP contribution in [0.15, 0.2) is 65.1 Å². The van der Waals surface area contributed by atoms with E-state index in [1.54, 1.807) is 11.0 Å². The van der Waals surface area contributed by atoms with Crippen LogP contribution < -0.4 is 0 Å². The Balaban J connectivity index is 1.53. The predicted molar refractivity (Wildman–Crippen MR) is 136 cm³/mol. The third-order valence-electron chi connectivity index (χ3n) is 5.11. The van der Waals surface area contributed by atoms with Crippen molar-refractivity contribution in [3.8, 4) is 5.75 Å². The fourth-order valence-electron chi connectivity index (χ4n) is 3.49. The van der Waals surface area contributed by atoms with Crippen LogP contribution in [0.5, 0.6) is 5.75 Å². The molecule has 0 unspecified atom stereocenters. The van der Waals surface area contributed by atoms with E-state index in [9.17, 15) is 19.5 Å². The number of amides is 1. The third-order valence-corrected chi connectivity index (χ3v) is 6.48. The summed E-state index contributed by atoms with van der Waals surface area (Å²) < 4.78 is 0.496. The summed E-state index contributed by atoms with van der Waals surface area (Å²) in [4.78, 5) is 38.7. The molecule has 1 N–H and O–H groups in total. The number of allylic oxidation sites excluding steroid dienone is 2. The predicted octanol–water partition coefficient (Wildman–Crippen LogP) is 5.33. The minimum Gasteiger partial charge on any atom is -0.507 e. The average molecular weight is 480 g/mol. The Kier molecular flexibility index (Phi) is 8.36. The second-order valence-corrected chi connectivity index (χ2v) is 9.53. The number of thioether (sulfide) groups is 1. The van der Waals surface area contributed by atoms with E-state index in [1.165, 1.54) is 30.8 Å². The SMILES string of the molecule is CC(=O)c1ccc(CC(=O)CCCN2C(=O)/C(=C/C(C)=C/c3ccccc3)SC2=S)cc1O. The lowest BCUT2D eigenvalue weighted by Gasteiger charge is -2.14. The highest BCUT2D eigenvalue weighted by molar-refractivity contribution is 8.26. The first kappa shape index (κ1) is 24.6. The van der Waals surface area contributed by atoms with Crippen molar-refractivity contribution in [3.63, 3.8) is 0 Å². The summed E-state index contributed by atoms with van der Waals surface area (Å²) in [7, 11) is 0. The lowest BCUT2D eigenvalue weighted by molar-refractivity contribution is -0.123. The standard InChI is InChI=1S/C26H25NO4S2/c1-17(13-19-7-4-3-5-8-19)14-24-25(31)27(26(32)33-24)12-6-9-21(29)15-20-10-11-22(18(2)28)23(30)16-20/h3-5,7-8,10-11,13-14,16,30H,6,9,12,15H2,1-2H3/b17-13+,24-14-. The zero-order chi connectivity index (χ0) is 24.0. The Morgan fingerprint density at radius 3 is 2.52 bits per heavy atom. The molecule has 0 spiro atoms. The molecule has 0 bridgehead atoms. The van der Waals surface area contributed by atoms with Crippen LogP contribution in [0.4, 0.5) is 0 Å². The number of carbonyl (C=O) groups is 3. The van der Waals surface area contributed by atoms with E-state index in [2.05, 4.69) is 0 Å². The van der Waals surface area contributed by atoms with E-state index < -0.39 is 0 Å². The van der Waals surface area contributed by atoms with Crippen LogP contribution in [0.25, 0.3) is 6.08 Å². The number of ketones is 2. The fourth-order valence-corrected chi connectivity index (χ4v) is 4.85. The quantitative estimate of drug-likeness (QED) is 0.298. The molecule has 0 radical (unpaired) electrons. The molecule has 1 saturated heterocycles. The number of thiocarbonyl (C=S) groups is 1. The van der Waals surface area contributed by atoms with Gasteiger partial charge in [-0.3, -0.25) is 19.3 Å². The summed E-state index contributed by atoms with van der Waals surface area (Å²) in [5.41, 5.74) is 2.90. The van der Waals surface area contributed by atoms with Gasteiger partial charge in [-0.25, -0.2) is 0 Å². The molecule has 170 valence electrons. The molecular weight excluding hydrogens is 454 g/mol. The Hall–Kier alpha value is -3.03. The van der Waals surface area contributed by atoms with Crippen molar-refractivity contribution in [1.29, 1.82) is 0 Å². The van der Waals surface area contributed by atoms with Crippen molar-refractivity contribution in [2.75, 3.05) is 6.54 Å². The number of hydrogen-bond donors (Lipinski definition) is 1. The van der Waals surface area contributed by atoms with Gasteiger partial charge in [0.05, 0.1) is 10.5 Å². The Labute approximate surface area is 203 Å². The molecule has 7 heteroatoms. The van der Waals surface area contributed by atoms with Gasteiger partial charge in [0.15, 0.2) is 5.78 Å². The van der Waals surface area contributed by atoms with E-state index in [0.717, 1.165) is 11.1 Å². The topological polar surface area (TPSA) is 74.7 Å². The first-order chi connectivity index (χ1) is 15.7. The van der Waals surface area contributed by atoms with Crippen molar-refractivity contribution in [1.82, 2.24) is 4.90 Å². The number of carbonyl (C=O) groups excluding carboxylic acids is 3. The molecule has 1 aliphatic rings. The van der Waals surface area contributed by atoms with Gasteiger partial charge < -0.3 is 5.11 Å². The van der Waals surface area contributed by atoms with Gasteiger partial charge in [0, 0.05) is 19.4 Å². The van der Waals surface area contributed by atoms with E-state index in [0.29, 0.717) is 27.8 Å². The lowest BCUT2D eigenvalue weighted by atomic mass is 10.0. The largest absolute Gasteiger partial charge is 0.507 e. The van der Waals surface area contributed by atoms with Crippen LogP contribution in [0.2, 0.25) is 0 Å². The maximum atomic E-state index is 12.8. The van der Waals surface area contributed by atoms with E-state index in [1.807, 2.05) is 49.4 Å². The lowest BCUT2D eigenvalue weighted by Crippen LogP contribution is -2.29. The minimum atomic E-state index is -0.228. The number of nitrogens with zero attached hydrogens (tertiary/aromatic N) is 1. The average Bonchev–Trinajstić information content (AvgIpc) is 3.01. The van der Waals surface area contributed by atoms with Crippen molar-refractivity contribution in [2.24, 2.45) is 0 Å². The first-order valence-corrected chi connectivity index (χ1v) is 11.8. The molecule has 0 aromatic heterocycles. The second-order valence-electron chi connectivity index (χ2n) is 7.86. The summed E-state index contributed by atoms with van der Waals surface area (Å²) in [6.07, 6.45) is 4.79. The Morgan fingerprint density at radius 1 is 1.12 bits per heavy atom. The molecule has 2 aromatic carbocycles.